The first kappa shape index (κ1) is 16.7. The van der Waals surface area contributed by atoms with Gasteiger partial charge in [-0.3, -0.25) is 19.3 Å². The quantitative estimate of drug-likeness (QED) is 0.704. The van der Waals surface area contributed by atoms with Gasteiger partial charge in [0.15, 0.2) is 5.76 Å². The predicted molar refractivity (Wildman–Crippen MR) is 95.6 cm³/mol. The monoisotopic (exact) mass is 361 g/mol. The number of carbonyl (C=O) groups is 3. The summed E-state index contributed by atoms with van der Waals surface area (Å²) in [5, 5.41) is 6.57. The van der Waals surface area contributed by atoms with Crippen molar-refractivity contribution in [1.82, 2.24) is 15.4 Å². The number of amides is 3. The molecule has 0 radical (unpaired) electrons. The van der Waals surface area contributed by atoms with Crippen molar-refractivity contribution in [1.29, 1.82) is 0 Å². The number of nitrogens with one attached hydrogen (secondary N) is 1. The number of rotatable bonds is 5. The predicted octanol–water partition coefficient (Wildman–Crippen LogP) is 2.25. The first-order valence-electron chi connectivity index (χ1n) is 8.36. The minimum Gasteiger partial charge on any atom is -0.356 e. The fourth-order valence-corrected chi connectivity index (χ4v) is 2.90. The Labute approximate surface area is 154 Å². The van der Waals surface area contributed by atoms with Crippen LogP contribution in [-0.4, -0.2) is 34.3 Å². The largest absolute Gasteiger partial charge is 0.356 e. The maximum atomic E-state index is 12.3. The van der Waals surface area contributed by atoms with Crippen LogP contribution in [0.3, 0.4) is 0 Å². The van der Waals surface area contributed by atoms with Gasteiger partial charge in [0.2, 0.25) is 5.91 Å². The second-order valence-corrected chi connectivity index (χ2v) is 6.07. The third-order valence-corrected chi connectivity index (χ3v) is 4.26. The lowest BCUT2D eigenvalue weighted by atomic mass is 10.1. The summed E-state index contributed by atoms with van der Waals surface area (Å²) in [7, 11) is 0. The molecule has 0 spiro atoms. The van der Waals surface area contributed by atoms with E-state index in [0.29, 0.717) is 22.6 Å². The highest BCUT2D eigenvalue weighted by molar-refractivity contribution is 6.22. The number of benzene rings is 2. The average Bonchev–Trinajstić information content (AvgIpc) is 3.27. The highest BCUT2D eigenvalue weighted by Gasteiger charge is 2.36. The molecule has 3 aromatic rings. The van der Waals surface area contributed by atoms with Gasteiger partial charge in [0.25, 0.3) is 11.8 Å². The summed E-state index contributed by atoms with van der Waals surface area (Å²) in [5.41, 5.74) is 2.07. The van der Waals surface area contributed by atoms with E-state index in [1.54, 1.807) is 30.3 Å². The lowest BCUT2D eigenvalue weighted by molar-refractivity contribution is -0.121. The number of carbonyl (C=O) groups excluding carboxylic acids is 3. The third kappa shape index (κ3) is 3.22. The van der Waals surface area contributed by atoms with E-state index in [9.17, 15) is 14.4 Å². The lowest BCUT2D eigenvalue weighted by Crippen LogP contribution is -2.40. The van der Waals surface area contributed by atoms with Crippen molar-refractivity contribution in [3.05, 3.63) is 77.5 Å². The number of aromatic nitrogens is 1. The fraction of sp³-hybridized carbons (Fsp3) is 0.100. The van der Waals surface area contributed by atoms with Gasteiger partial charge in [-0.25, -0.2) is 0 Å². The Balaban J connectivity index is 1.37. The summed E-state index contributed by atoms with van der Waals surface area (Å²) in [5.74, 6) is -0.772. The molecule has 0 aliphatic carbocycles. The Hall–Kier alpha value is -3.74. The molecule has 7 nitrogen and oxygen atoms in total. The van der Waals surface area contributed by atoms with E-state index in [0.717, 1.165) is 10.5 Å². The Morgan fingerprint density at radius 1 is 0.963 bits per heavy atom. The molecule has 1 aliphatic rings. The van der Waals surface area contributed by atoms with Crippen LogP contribution in [0.1, 0.15) is 26.4 Å². The normalized spacial score (nSPS) is 13.0. The number of fused-ring (bicyclic) bond motifs is 1. The third-order valence-electron chi connectivity index (χ3n) is 4.26. The second kappa shape index (κ2) is 6.87. The maximum Gasteiger partial charge on any atom is 0.262 e. The summed E-state index contributed by atoms with van der Waals surface area (Å²) in [6, 6.07) is 17.7. The van der Waals surface area contributed by atoms with Crippen LogP contribution < -0.4 is 5.32 Å². The minimum absolute atomic E-state index is 0.137. The number of nitrogens with zero attached hydrogens (tertiary/aromatic N) is 2. The summed E-state index contributed by atoms with van der Waals surface area (Å²) in [6.07, 6.45) is 0. The molecule has 134 valence electrons. The molecule has 0 bridgehead atoms. The Kier molecular flexibility index (Phi) is 4.25. The van der Waals surface area contributed by atoms with Crippen LogP contribution in [0.15, 0.2) is 65.2 Å². The van der Waals surface area contributed by atoms with E-state index in [-0.39, 0.29) is 13.1 Å². The molecule has 3 amide bonds. The maximum absolute atomic E-state index is 12.3. The van der Waals surface area contributed by atoms with Crippen LogP contribution in [0.25, 0.3) is 11.3 Å². The zero-order valence-corrected chi connectivity index (χ0v) is 14.2. The molecule has 2 heterocycles. The molecular formula is C20H15N3O4. The molecule has 0 fully saturated rings. The van der Waals surface area contributed by atoms with Crippen LogP contribution in [-0.2, 0) is 11.3 Å². The van der Waals surface area contributed by atoms with Crippen LogP contribution in [0.2, 0.25) is 0 Å². The van der Waals surface area contributed by atoms with Crippen LogP contribution in [0, 0.1) is 0 Å². The first-order valence-corrected chi connectivity index (χ1v) is 8.36. The minimum atomic E-state index is -0.460. The first-order chi connectivity index (χ1) is 13.1. The highest BCUT2D eigenvalue weighted by atomic mass is 16.5. The van der Waals surface area contributed by atoms with Gasteiger partial charge < -0.3 is 9.84 Å². The topological polar surface area (TPSA) is 92.5 Å². The van der Waals surface area contributed by atoms with Crippen molar-refractivity contribution >= 4 is 17.7 Å². The van der Waals surface area contributed by atoms with Gasteiger partial charge in [0.05, 0.1) is 17.7 Å². The van der Waals surface area contributed by atoms with Gasteiger partial charge in [0, 0.05) is 11.6 Å². The fourth-order valence-electron chi connectivity index (χ4n) is 2.90. The summed E-state index contributed by atoms with van der Waals surface area (Å²) >= 11 is 0. The van der Waals surface area contributed by atoms with E-state index in [4.69, 9.17) is 4.52 Å². The molecule has 1 aromatic heterocycles. The summed E-state index contributed by atoms with van der Waals surface area (Å²) in [6.45, 7) is -0.200. The van der Waals surface area contributed by atoms with Gasteiger partial charge in [-0.15, -0.1) is 0 Å². The number of hydrogen-bond acceptors (Lipinski definition) is 5. The molecule has 7 heteroatoms. The SMILES string of the molecule is O=C(CN1C(=O)c2ccccc2C1=O)NCc1cc(-c2ccccc2)on1. The summed E-state index contributed by atoms with van der Waals surface area (Å²) in [4.78, 5) is 37.7. The van der Waals surface area contributed by atoms with Crippen molar-refractivity contribution in [2.45, 2.75) is 6.54 Å². The van der Waals surface area contributed by atoms with Crippen LogP contribution >= 0.6 is 0 Å². The van der Waals surface area contributed by atoms with E-state index in [1.807, 2.05) is 30.3 Å². The van der Waals surface area contributed by atoms with Gasteiger partial charge in [-0.05, 0) is 12.1 Å². The van der Waals surface area contributed by atoms with Crippen molar-refractivity contribution in [3.63, 3.8) is 0 Å². The standard InChI is InChI=1S/C20H15N3O4/c24-18(12-23-19(25)15-8-4-5-9-16(15)20(23)26)21-11-14-10-17(27-22-14)13-6-2-1-3-7-13/h1-10H,11-12H2,(H,21,24). The van der Waals surface area contributed by atoms with Crippen molar-refractivity contribution in [2.75, 3.05) is 6.54 Å². The molecule has 27 heavy (non-hydrogen) atoms. The molecule has 0 saturated heterocycles. The van der Waals surface area contributed by atoms with E-state index in [2.05, 4.69) is 10.5 Å². The second-order valence-electron chi connectivity index (χ2n) is 6.07. The Morgan fingerprint density at radius 3 is 2.26 bits per heavy atom. The van der Waals surface area contributed by atoms with Crippen molar-refractivity contribution in [2.24, 2.45) is 0 Å². The van der Waals surface area contributed by atoms with Gasteiger partial charge in [0.1, 0.15) is 12.2 Å². The smallest absolute Gasteiger partial charge is 0.262 e. The zero-order valence-electron chi connectivity index (χ0n) is 14.2. The molecule has 4 rings (SSSR count). The molecule has 1 N–H and O–H groups in total. The number of imide groups is 1. The molecule has 2 aromatic carbocycles. The van der Waals surface area contributed by atoms with Crippen molar-refractivity contribution in [3.8, 4) is 11.3 Å². The van der Waals surface area contributed by atoms with Gasteiger partial charge >= 0.3 is 0 Å². The zero-order chi connectivity index (χ0) is 18.8. The highest BCUT2D eigenvalue weighted by Crippen LogP contribution is 2.22. The Bertz CT molecular complexity index is 991. The number of hydrogen-bond donors (Lipinski definition) is 1. The van der Waals surface area contributed by atoms with Crippen LogP contribution in [0.4, 0.5) is 0 Å². The van der Waals surface area contributed by atoms with Crippen LogP contribution in [0.5, 0.6) is 0 Å². The summed E-state index contributed by atoms with van der Waals surface area (Å²) < 4.78 is 5.27. The van der Waals surface area contributed by atoms with Gasteiger partial charge in [-0.1, -0.05) is 47.6 Å². The van der Waals surface area contributed by atoms with E-state index in [1.165, 1.54) is 0 Å². The average molecular weight is 361 g/mol. The lowest BCUT2D eigenvalue weighted by Gasteiger charge is -2.13. The molecule has 1 aliphatic heterocycles. The van der Waals surface area contributed by atoms with Gasteiger partial charge in [-0.2, -0.15) is 0 Å². The Morgan fingerprint density at radius 2 is 1.59 bits per heavy atom. The van der Waals surface area contributed by atoms with Crippen molar-refractivity contribution < 1.29 is 18.9 Å². The van der Waals surface area contributed by atoms with E-state index < -0.39 is 17.7 Å². The molecular weight excluding hydrogens is 346 g/mol. The molecule has 0 unspecified atom stereocenters. The molecule has 0 saturated carbocycles. The van der Waals surface area contributed by atoms with E-state index >= 15 is 0 Å². The molecule has 0 atom stereocenters.